The van der Waals surface area contributed by atoms with Gasteiger partial charge in [0.15, 0.2) is 0 Å². The third-order valence-electron chi connectivity index (χ3n) is 12.9. The molecular weight excluding hydrogens is 848 g/mol. The van der Waals surface area contributed by atoms with Crippen LogP contribution in [0.15, 0.2) is 219 Å². The maximum absolute atomic E-state index is 14.9. The number of fused-ring (bicyclic) bond motifs is 6. The number of rotatable bonds is 7. The van der Waals surface area contributed by atoms with Crippen molar-refractivity contribution in [2.24, 2.45) is 0 Å². The molecule has 0 saturated heterocycles. The van der Waals surface area contributed by atoms with Gasteiger partial charge in [-0.05, 0) is 71.3 Å². The van der Waals surface area contributed by atoms with E-state index in [1.807, 2.05) is 122 Å². The van der Waals surface area contributed by atoms with Crippen molar-refractivity contribution >= 4 is 43.6 Å². The molecule has 0 bridgehead atoms. The smallest absolute Gasteiger partial charge is 0.307 e. The van der Waals surface area contributed by atoms with Crippen LogP contribution in [0.4, 0.5) is 13.2 Å². The molecule has 4 aromatic heterocycles. The highest BCUT2D eigenvalue weighted by Gasteiger charge is 2.34. The van der Waals surface area contributed by atoms with Crippen LogP contribution in [0, 0.1) is 11.3 Å². The van der Waals surface area contributed by atoms with E-state index in [0.717, 1.165) is 94.4 Å². The highest BCUT2D eigenvalue weighted by atomic mass is 19.4. The van der Waals surface area contributed by atoms with Gasteiger partial charge in [0.05, 0.1) is 62.0 Å². The van der Waals surface area contributed by atoms with Crippen LogP contribution in [-0.4, -0.2) is 19.1 Å². The predicted molar refractivity (Wildman–Crippen MR) is 268 cm³/mol. The highest BCUT2D eigenvalue weighted by molar-refractivity contribution is 6.13. The summed E-state index contributed by atoms with van der Waals surface area (Å²) < 4.78 is 49.0. The molecule has 68 heavy (non-hydrogen) atoms. The lowest BCUT2D eigenvalue weighted by Gasteiger charge is -2.21. The number of nitriles is 1. The molecule has 322 valence electrons. The molecule has 0 aliphatic rings. The Morgan fingerprint density at radius 2 is 0.824 bits per heavy atom. The quantitative estimate of drug-likeness (QED) is 0.160. The van der Waals surface area contributed by atoms with Crippen molar-refractivity contribution in [3.8, 4) is 73.3 Å². The number of aromatic nitrogens is 4. The van der Waals surface area contributed by atoms with Crippen LogP contribution < -0.4 is 0 Å². The van der Waals surface area contributed by atoms with Gasteiger partial charge in [0.25, 0.3) is 0 Å². The number of pyridine rings is 2. The molecule has 0 radical (unpaired) electrons. The van der Waals surface area contributed by atoms with Crippen molar-refractivity contribution in [3.05, 3.63) is 230 Å². The van der Waals surface area contributed by atoms with Gasteiger partial charge in [-0.15, -0.1) is 0 Å². The van der Waals surface area contributed by atoms with Gasteiger partial charge >= 0.3 is 6.18 Å². The molecule has 8 heteroatoms. The molecule has 0 amide bonds. The highest BCUT2D eigenvalue weighted by Crippen LogP contribution is 2.45. The second-order valence-corrected chi connectivity index (χ2v) is 16.8. The standard InChI is InChI=1S/C60H36F3N5/c61-60(62,63)51-20-10-7-17-45(51)50-34-59(68-55-22-12-9-19-47(55)49-28-24-41(32-57(49)68)43-26-30-53(66-37-43)39-15-5-2-6-16-39)58(33-44(50)35-64)67-54-21-11-8-18-46(54)48-27-23-40(31-56(48)67)42-25-29-52(65-36-42)38-13-3-1-4-14-38/h1-34,36-37H. The van der Waals surface area contributed by atoms with Gasteiger partial charge in [0, 0.05) is 61.8 Å². The van der Waals surface area contributed by atoms with Crippen molar-refractivity contribution in [1.82, 2.24) is 19.1 Å². The van der Waals surface area contributed by atoms with Crippen LogP contribution in [0.5, 0.6) is 0 Å². The number of halogens is 3. The summed E-state index contributed by atoms with van der Waals surface area (Å²) in [5.74, 6) is 0. The monoisotopic (exact) mass is 883 g/mol. The zero-order valence-electron chi connectivity index (χ0n) is 36.2. The maximum atomic E-state index is 14.9. The van der Waals surface area contributed by atoms with Gasteiger partial charge < -0.3 is 9.13 Å². The molecule has 8 aromatic carbocycles. The third-order valence-corrected chi connectivity index (χ3v) is 12.9. The molecule has 0 fully saturated rings. The van der Waals surface area contributed by atoms with Gasteiger partial charge in [-0.1, -0.05) is 152 Å². The molecule has 0 spiro atoms. The fourth-order valence-electron chi connectivity index (χ4n) is 9.72. The predicted octanol–water partition coefficient (Wildman–Crippen LogP) is 15.9. The summed E-state index contributed by atoms with van der Waals surface area (Å²) in [7, 11) is 0. The van der Waals surface area contributed by atoms with Crippen molar-refractivity contribution in [3.63, 3.8) is 0 Å². The number of alkyl halides is 3. The third kappa shape index (κ3) is 6.79. The molecule has 0 saturated carbocycles. The Morgan fingerprint density at radius 1 is 0.382 bits per heavy atom. The molecular formula is C60H36F3N5. The van der Waals surface area contributed by atoms with Crippen molar-refractivity contribution in [2.45, 2.75) is 6.18 Å². The molecule has 0 unspecified atom stereocenters. The first-order valence-electron chi connectivity index (χ1n) is 22.2. The fourth-order valence-corrected chi connectivity index (χ4v) is 9.72. The van der Waals surface area contributed by atoms with Crippen LogP contribution in [0.2, 0.25) is 0 Å². The Balaban J connectivity index is 1.14. The Hall–Kier alpha value is -9.06. The first-order valence-corrected chi connectivity index (χ1v) is 22.2. The Morgan fingerprint density at radius 3 is 1.31 bits per heavy atom. The van der Waals surface area contributed by atoms with Crippen LogP contribution in [-0.2, 0) is 6.18 Å². The van der Waals surface area contributed by atoms with Gasteiger partial charge in [-0.3, -0.25) is 9.97 Å². The van der Waals surface area contributed by atoms with Crippen LogP contribution in [0.3, 0.4) is 0 Å². The first-order chi connectivity index (χ1) is 33.3. The molecule has 0 N–H and O–H groups in total. The minimum absolute atomic E-state index is 0.0775. The lowest BCUT2D eigenvalue weighted by molar-refractivity contribution is -0.137. The average molecular weight is 884 g/mol. The van der Waals surface area contributed by atoms with Gasteiger partial charge in [-0.25, -0.2) is 0 Å². The zero-order chi connectivity index (χ0) is 45.9. The Labute approximate surface area is 388 Å². The Kier molecular flexibility index (Phi) is 9.59. The molecule has 5 nitrogen and oxygen atoms in total. The molecule has 4 heterocycles. The van der Waals surface area contributed by atoms with Crippen molar-refractivity contribution in [1.29, 1.82) is 5.26 Å². The van der Waals surface area contributed by atoms with Crippen LogP contribution in [0.25, 0.3) is 111 Å². The molecule has 12 rings (SSSR count). The molecule has 0 aliphatic heterocycles. The summed E-state index contributed by atoms with van der Waals surface area (Å²) in [6.07, 6.45) is -0.926. The summed E-state index contributed by atoms with van der Waals surface area (Å²) in [6.45, 7) is 0. The van der Waals surface area contributed by atoms with E-state index in [1.54, 1.807) is 18.2 Å². The lowest BCUT2D eigenvalue weighted by Crippen LogP contribution is -2.09. The zero-order valence-corrected chi connectivity index (χ0v) is 36.2. The number of hydrogen-bond donors (Lipinski definition) is 0. The van der Waals surface area contributed by atoms with Gasteiger partial charge in [0.1, 0.15) is 0 Å². The van der Waals surface area contributed by atoms with E-state index in [-0.39, 0.29) is 16.7 Å². The van der Waals surface area contributed by atoms with E-state index >= 15 is 0 Å². The Bertz CT molecular complexity index is 3940. The SMILES string of the molecule is N#Cc1cc(-n2c3ccccc3c3ccc(-c4ccc(-c5ccccc5)nc4)cc32)c(-n2c3ccccc3c3ccc(-c4ccc(-c5ccccc5)nc4)cc32)cc1-c1ccccc1C(F)(F)F. The van der Waals surface area contributed by atoms with Crippen molar-refractivity contribution < 1.29 is 13.2 Å². The summed E-state index contributed by atoms with van der Waals surface area (Å²) >= 11 is 0. The topological polar surface area (TPSA) is 59.4 Å². The normalized spacial score (nSPS) is 11.7. The average Bonchev–Trinajstić information content (AvgIpc) is 3.90. The van der Waals surface area contributed by atoms with Crippen molar-refractivity contribution in [2.75, 3.05) is 0 Å². The van der Waals surface area contributed by atoms with E-state index in [4.69, 9.17) is 9.97 Å². The van der Waals surface area contributed by atoms with E-state index in [2.05, 4.69) is 75.9 Å². The number of nitrogens with zero attached hydrogens (tertiary/aromatic N) is 5. The minimum atomic E-state index is -4.68. The van der Waals surface area contributed by atoms with E-state index in [9.17, 15) is 18.4 Å². The second kappa shape index (κ2) is 16.1. The van der Waals surface area contributed by atoms with E-state index in [1.165, 1.54) is 12.1 Å². The van der Waals surface area contributed by atoms with Crippen LogP contribution >= 0.6 is 0 Å². The second-order valence-electron chi connectivity index (χ2n) is 16.8. The number of para-hydroxylation sites is 2. The number of benzene rings is 8. The van der Waals surface area contributed by atoms with E-state index in [0.29, 0.717) is 11.4 Å². The lowest BCUT2D eigenvalue weighted by atomic mass is 9.94. The summed E-state index contributed by atoms with van der Waals surface area (Å²) in [6, 6.07) is 68.3. The van der Waals surface area contributed by atoms with E-state index < -0.39 is 11.7 Å². The number of hydrogen-bond acceptors (Lipinski definition) is 3. The summed E-state index contributed by atoms with van der Waals surface area (Å²) in [4.78, 5) is 9.67. The summed E-state index contributed by atoms with van der Waals surface area (Å²) in [5, 5.41) is 14.9. The molecule has 0 atom stereocenters. The largest absolute Gasteiger partial charge is 0.417 e. The van der Waals surface area contributed by atoms with Crippen LogP contribution in [0.1, 0.15) is 11.1 Å². The molecule has 12 aromatic rings. The van der Waals surface area contributed by atoms with Gasteiger partial charge in [0.2, 0.25) is 0 Å². The summed E-state index contributed by atoms with van der Waals surface area (Å²) in [5.41, 5.74) is 11.4. The fraction of sp³-hybridized carbons (Fsp3) is 0.0167. The molecule has 0 aliphatic carbocycles. The first kappa shape index (κ1) is 40.4. The van der Waals surface area contributed by atoms with Gasteiger partial charge in [-0.2, -0.15) is 18.4 Å². The minimum Gasteiger partial charge on any atom is -0.307 e. The maximum Gasteiger partial charge on any atom is 0.417 e.